The van der Waals surface area contributed by atoms with Gasteiger partial charge < -0.3 is 10.6 Å². The zero-order valence-electron chi connectivity index (χ0n) is 12.0. The van der Waals surface area contributed by atoms with E-state index in [-0.39, 0.29) is 17.6 Å². The zero-order chi connectivity index (χ0) is 14.6. The molecule has 1 rings (SSSR count). The van der Waals surface area contributed by atoms with Crippen molar-refractivity contribution in [1.82, 2.24) is 9.21 Å². The van der Waals surface area contributed by atoms with Gasteiger partial charge in [-0.2, -0.15) is 4.31 Å². The number of amides is 1. The van der Waals surface area contributed by atoms with Crippen LogP contribution in [0.1, 0.15) is 27.2 Å². The van der Waals surface area contributed by atoms with Crippen molar-refractivity contribution in [2.45, 2.75) is 33.2 Å². The van der Waals surface area contributed by atoms with E-state index in [9.17, 15) is 13.2 Å². The van der Waals surface area contributed by atoms with Crippen molar-refractivity contribution in [2.75, 3.05) is 31.9 Å². The summed E-state index contributed by atoms with van der Waals surface area (Å²) in [6, 6.07) is -0.501. The highest BCUT2D eigenvalue weighted by molar-refractivity contribution is 7.89. The van der Waals surface area contributed by atoms with Crippen LogP contribution in [-0.4, -0.2) is 61.5 Å². The van der Waals surface area contributed by atoms with Crippen molar-refractivity contribution in [3.05, 3.63) is 0 Å². The number of nitrogens with zero attached hydrogens (tertiary/aromatic N) is 2. The summed E-state index contributed by atoms with van der Waals surface area (Å²) < 4.78 is 25.3. The number of carbonyl (C=O) groups is 1. The van der Waals surface area contributed by atoms with E-state index in [0.717, 1.165) is 0 Å². The Hall–Kier alpha value is -0.660. The standard InChI is InChI=1S/C12H25N3O3S/c1-4-9-19(17,18)15-7-5-14(6-8-15)12(16)11(13)10(2)3/h10-11H,4-9,13H2,1-3H3. The average Bonchev–Trinajstić information content (AvgIpc) is 2.37. The zero-order valence-corrected chi connectivity index (χ0v) is 12.8. The second-order valence-electron chi connectivity index (χ2n) is 5.31. The Morgan fingerprint density at radius 1 is 1.21 bits per heavy atom. The molecule has 7 heteroatoms. The molecule has 19 heavy (non-hydrogen) atoms. The van der Waals surface area contributed by atoms with Crippen LogP contribution in [0.3, 0.4) is 0 Å². The van der Waals surface area contributed by atoms with Crippen molar-refractivity contribution >= 4 is 15.9 Å². The third kappa shape index (κ3) is 4.15. The summed E-state index contributed by atoms with van der Waals surface area (Å²) in [6.07, 6.45) is 0.611. The van der Waals surface area contributed by atoms with E-state index in [0.29, 0.717) is 32.6 Å². The van der Waals surface area contributed by atoms with Gasteiger partial charge in [-0.05, 0) is 12.3 Å². The van der Waals surface area contributed by atoms with Crippen LogP contribution >= 0.6 is 0 Å². The molecule has 0 aliphatic carbocycles. The van der Waals surface area contributed by atoms with Gasteiger partial charge in [0.05, 0.1) is 11.8 Å². The molecule has 1 saturated heterocycles. The Labute approximate surface area is 116 Å². The summed E-state index contributed by atoms with van der Waals surface area (Å²) in [5, 5.41) is 0. The predicted molar refractivity (Wildman–Crippen MR) is 75.0 cm³/mol. The normalized spacial score (nSPS) is 19.7. The maximum Gasteiger partial charge on any atom is 0.239 e. The Balaban J connectivity index is 2.56. The fraction of sp³-hybridized carbons (Fsp3) is 0.917. The number of nitrogens with two attached hydrogens (primary N) is 1. The molecule has 0 radical (unpaired) electrons. The number of hydrogen-bond donors (Lipinski definition) is 1. The number of hydrogen-bond acceptors (Lipinski definition) is 4. The van der Waals surface area contributed by atoms with Crippen molar-refractivity contribution in [1.29, 1.82) is 0 Å². The van der Waals surface area contributed by atoms with Crippen LogP contribution in [0.2, 0.25) is 0 Å². The number of piperazine rings is 1. The third-order valence-corrected chi connectivity index (χ3v) is 5.49. The molecular weight excluding hydrogens is 266 g/mol. The molecule has 1 atom stereocenters. The van der Waals surface area contributed by atoms with Crippen LogP contribution in [0.5, 0.6) is 0 Å². The van der Waals surface area contributed by atoms with Crippen LogP contribution in [0, 0.1) is 5.92 Å². The topological polar surface area (TPSA) is 83.7 Å². The van der Waals surface area contributed by atoms with Crippen LogP contribution in [0.4, 0.5) is 0 Å². The fourth-order valence-corrected chi connectivity index (χ4v) is 3.56. The first-order chi connectivity index (χ1) is 8.79. The molecule has 0 spiro atoms. The predicted octanol–water partition coefficient (Wildman–Crippen LogP) is -0.146. The summed E-state index contributed by atoms with van der Waals surface area (Å²) in [7, 11) is -3.15. The van der Waals surface area contributed by atoms with E-state index >= 15 is 0 Å². The first-order valence-electron chi connectivity index (χ1n) is 6.81. The third-order valence-electron chi connectivity index (χ3n) is 3.41. The Bertz CT molecular complexity index is 400. The molecule has 0 aromatic rings. The summed E-state index contributed by atoms with van der Waals surface area (Å²) in [5.41, 5.74) is 5.84. The Kier molecular flexibility index (Phi) is 5.76. The fourth-order valence-electron chi connectivity index (χ4n) is 2.07. The van der Waals surface area contributed by atoms with Crippen LogP contribution in [-0.2, 0) is 14.8 Å². The lowest BCUT2D eigenvalue weighted by molar-refractivity contribution is -0.134. The van der Waals surface area contributed by atoms with Gasteiger partial charge in [-0.25, -0.2) is 8.42 Å². The molecule has 0 aromatic carbocycles. The molecular formula is C12H25N3O3S. The summed E-state index contributed by atoms with van der Waals surface area (Å²) in [4.78, 5) is 13.7. The molecule has 1 unspecified atom stereocenters. The SMILES string of the molecule is CCCS(=O)(=O)N1CCN(C(=O)C(N)C(C)C)CC1. The lowest BCUT2D eigenvalue weighted by atomic mass is 10.0. The first kappa shape index (κ1) is 16.4. The molecule has 1 aliphatic rings. The van der Waals surface area contributed by atoms with Gasteiger partial charge in [0.1, 0.15) is 0 Å². The Morgan fingerprint density at radius 2 is 1.74 bits per heavy atom. The molecule has 1 aliphatic heterocycles. The van der Waals surface area contributed by atoms with Gasteiger partial charge in [-0.3, -0.25) is 4.79 Å². The van der Waals surface area contributed by atoms with E-state index in [1.54, 1.807) is 4.90 Å². The smallest absolute Gasteiger partial charge is 0.239 e. The van der Waals surface area contributed by atoms with Crippen LogP contribution in [0.15, 0.2) is 0 Å². The molecule has 2 N–H and O–H groups in total. The first-order valence-corrected chi connectivity index (χ1v) is 8.42. The van der Waals surface area contributed by atoms with Crippen molar-refractivity contribution < 1.29 is 13.2 Å². The molecule has 0 aromatic heterocycles. The summed E-state index contributed by atoms with van der Waals surface area (Å²) >= 11 is 0. The highest BCUT2D eigenvalue weighted by Gasteiger charge is 2.30. The minimum Gasteiger partial charge on any atom is -0.339 e. The minimum absolute atomic E-state index is 0.0810. The maximum atomic E-state index is 12.1. The molecule has 6 nitrogen and oxygen atoms in total. The van der Waals surface area contributed by atoms with Gasteiger partial charge in [0.25, 0.3) is 0 Å². The number of sulfonamides is 1. The summed E-state index contributed by atoms with van der Waals surface area (Å²) in [5.74, 6) is 0.184. The lowest BCUT2D eigenvalue weighted by Crippen LogP contribution is -2.55. The van der Waals surface area contributed by atoms with Crippen molar-refractivity contribution in [3.8, 4) is 0 Å². The highest BCUT2D eigenvalue weighted by atomic mass is 32.2. The second kappa shape index (κ2) is 6.67. The van der Waals surface area contributed by atoms with Crippen molar-refractivity contribution in [3.63, 3.8) is 0 Å². The van der Waals surface area contributed by atoms with E-state index in [4.69, 9.17) is 5.73 Å². The molecule has 0 bridgehead atoms. The van der Waals surface area contributed by atoms with E-state index in [1.165, 1.54) is 4.31 Å². The largest absolute Gasteiger partial charge is 0.339 e. The second-order valence-corrected chi connectivity index (χ2v) is 7.40. The number of rotatable bonds is 5. The van der Waals surface area contributed by atoms with Crippen LogP contribution in [0.25, 0.3) is 0 Å². The van der Waals surface area contributed by atoms with E-state index in [2.05, 4.69) is 0 Å². The molecule has 1 heterocycles. The minimum atomic E-state index is -3.15. The van der Waals surface area contributed by atoms with Crippen molar-refractivity contribution in [2.24, 2.45) is 11.7 Å². The Morgan fingerprint density at radius 3 is 2.16 bits per heavy atom. The average molecular weight is 291 g/mol. The monoisotopic (exact) mass is 291 g/mol. The number of carbonyl (C=O) groups excluding carboxylic acids is 1. The van der Waals surface area contributed by atoms with Gasteiger partial charge >= 0.3 is 0 Å². The molecule has 112 valence electrons. The van der Waals surface area contributed by atoms with Gasteiger partial charge in [0.2, 0.25) is 15.9 Å². The molecule has 1 fully saturated rings. The maximum absolute atomic E-state index is 12.1. The lowest BCUT2D eigenvalue weighted by Gasteiger charge is -2.35. The van der Waals surface area contributed by atoms with Gasteiger partial charge in [-0.1, -0.05) is 20.8 Å². The summed E-state index contributed by atoms with van der Waals surface area (Å²) in [6.45, 7) is 7.27. The molecule has 1 amide bonds. The highest BCUT2D eigenvalue weighted by Crippen LogP contribution is 2.11. The van der Waals surface area contributed by atoms with E-state index in [1.807, 2.05) is 20.8 Å². The molecule has 0 saturated carbocycles. The quantitative estimate of drug-likeness (QED) is 0.764. The van der Waals surface area contributed by atoms with Gasteiger partial charge in [-0.15, -0.1) is 0 Å². The van der Waals surface area contributed by atoms with E-state index < -0.39 is 16.1 Å². The van der Waals surface area contributed by atoms with Crippen LogP contribution < -0.4 is 5.73 Å². The van der Waals surface area contributed by atoms with Gasteiger partial charge in [0.15, 0.2) is 0 Å². The van der Waals surface area contributed by atoms with Gasteiger partial charge in [0, 0.05) is 26.2 Å².